The Balaban J connectivity index is 2.52. The molecule has 1 rings (SSSR count). The SMILES string of the molecule is CN[C@H](CN1CCCC1=O)C(C)(C)C. The van der Waals surface area contributed by atoms with Gasteiger partial charge in [0.2, 0.25) is 5.91 Å². The summed E-state index contributed by atoms with van der Waals surface area (Å²) in [6, 6.07) is 0.379. The van der Waals surface area contributed by atoms with Crippen LogP contribution in [0.15, 0.2) is 0 Å². The molecule has 1 saturated heterocycles. The third-order valence-electron chi connectivity index (χ3n) is 2.97. The molecule has 3 nitrogen and oxygen atoms in total. The van der Waals surface area contributed by atoms with Crippen LogP contribution >= 0.6 is 0 Å². The summed E-state index contributed by atoms with van der Waals surface area (Å²) in [6.07, 6.45) is 1.76. The predicted octanol–water partition coefficient (Wildman–Crippen LogP) is 1.24. The molecule has 1 heterocycles. The highest BCUT2D eigenvalue weighted by molar-refractivity contribution is 5.78. The zero-order valence-corrected chi connectivity index (χ0v) is 9.76. The number of rotatable bonds is 3. The Morgan fingerprint density at radius 3 is 2.50 bits per heavy atom. The first-order chi connectivity index (χ1) is 6.45. The van der Waals surface area contributed by atoms with Crippen LogP contribution in [0.4, 0.5) is 0 Å². The first-order valence-electron chi connectivity index (χ1n) is 5.40. The maximum Gasteiger partial charge on any atom is 0.222 e. The van der Waals surface area contributed by atoms with Crippen molar-refractivity contribution >= 4 is 5.91 Å². The van der Waals surface area contributed by atoms with Crippen LogP contribution in [0.5, 0.6) is 0 Å². The van der Waals surface area contributed by atoms with E-state index in [9.17, 15) is 4.79 Å². The van der Waals surface area contributed by atoms with Crippen LogP contribution in [0.3, 0.4) is 0 Å². The highest BCUT2D eigenvalue weighted by Crippen LogP contribution is 2.21. The van der Waals surface area contributed by atoms with E-state index in [2.05, 4.69) is 26.1 Å². The van der Waals surface area contributed by atoms with Crippen LogP contribution in [-0.4, -0.2) is 37.0 Å². The molecule has 0 spiro atoms. The minimum Gasteiger partial charge on any atom is -0.341 e. The van der Waals surface area contributed by atoms with Gasteiger partial charge in [-0.05, 0) is 18.9 Å². The summed E-state index contributed by atoms with van der Waals surface area (Å²) >= 11 is 0. The van der Waals surface area contributed by atoms with E-state index in [0.717, 1.165) is 25.9 Å². The quantitative estimate of drug-likeness (QED) is 0.740. The zero-order chi connectivity index (χ0) is 10.8. The van der Waals surface area contributed by atoms with Gasteiger partial charge in [-0.1, -0.05) is 20.8 Å². The van der Waals surface area contributed by atoms with Gasteiger partial charge in [0.05, 0.1) is 0 Å². The molecule has 1 aliphatic heterocycles. The molecular formula is C11H22N2O. The number of nitrogens with one attached hydrogen (secondary N) is 1. The molecule has 1 fully saturated rings. The molecule has 0 saturated carbocycles. The summed E-state index contributed by atoms with van der Waals surface area (Å²) in [6.45, 7) is 8.39. The van der Waals surface area contributed by atoms with E-state index in [1.165, 1.54) is 0 Å². The van der Waals surface area contributed by atoms with Crippen LogP contribution in [-0.2, 0) is 4.79 Å². The molecular weight excluding hydrogens is 176 g/mol. The van der Waals surface area contributed by atoms with Gasteiger partial charge in [0.1, 0.15) is 0 Å². The average molecular weight is 198 g/mol. The zero-order valence-electron chi connectivity index (χ0n) is 9.76. The van der Waals surface area contributed by atoms with E-state index in [-0.39, 0.29) is 5.41 Å². The summed E-state index contributed by atoms with van der Waals surface area (Å²) in [7, 11) is 1.97. The third kappa shape index (κ3) is 2.71. The standard InChI is InChI=1S/C11H22N2O/c1-11(2,3)9(12-4)8-13-7-5-6-10(13)14/h9,12H,5-8H2,1-4H3/t9-/m1/s1. The fourth-order valence-electron chi connectivity index (χ4n) is 1.92. The van der Waals surface area contributed by atoms with Crippen molar-refractivity contribution in [2.24, 2.45) is 5.41 Å². The lowest BCUT2D eigenvalue weighted by Crippen LogP contribution is -2.47. The van der Waals surface area contributed by atoms with E-state index in [1.807, 2.05) is 11.9 Å². The molecule has 3 heteroatoms. The number of likely N-dealkylation sites (N-methyl/N-ethyl adjacent to an activating group) is 1. The lowest BCUT2D eigenvalue weighted by molar-refractivity contribution is -0.128. The lowest BCUT2D eigenvalue weighted by atomic mass is 9.86. The topological polar surface area (TPSA) is 32.3 Å². The molecule has 1 aliphatic rings. The van der Waals surface area contributed by atoms with Crippen LogP contribution < -0.4 is 5.32 Å². The van der Waals surface area contributed by atoms with Crippen molar-refractivity contribution in [3.05, 3.63) is 0 Å². The van der Waals surface area contributed by atoms with E-state index < -0.39 is 0 Å². The monoisotopic (exact) mass is 198 g/mol. The van der Waals surface area contributed by atoms with Crippen molar-refractivity contribution in [3.63, 3.8) is 0 Å². The van der Waals surface area contributed by atoms with Crippen LogP contribution in [0.2, 0.25) is 0 Å². The molecule has 0 unspecified atom stereocenters. The van der Waals surface area contributed by atoms with Crippen molar-refractivity contribution in [2.45, 2.75) is 39.7 Å². The van der Waals surface area contributed by atoms with Crippen molar-refractivity contribution in [2.75, 3.05) is 20.1 Å². The number of carbonyl (C=O) groups excluding carboxylic acids is 1. The second kappa shape index (κ2) is 4.30. The highest BCUT2D eigenvalue weighted by Gasteiger charge is 2.28. The molecule has 1 amide bonds. The Hall–Kier alpha value is -0.570. The van der Waals surface area contributed by atoms with E-state index in [1.54, 1.807) is 0 Å². The van der Waals surface area contributed by atoms with Gasteiger partial charge in [-0.25, -0.2) is 0 Å². The summed E-state index contributed by atoms with van der Waals surface area (Å²) in [4.78, 5) is 13.4. The number of hydrogen-bond acceptors (Lipinski definition) is 2. The summed E-state index contributed by atoms with van der Waals surface area (Å²) < 4.78 is 0. The van der Waals surface area contributed by atoms with Gasteiger partial charge in [0, 0.05) is 25.6 Å². The fourth-order valence-corrected chi connectivity index (χ4v) is 1.92. The molecule has 0 aromatic rings. The van der Waals surface area contributed by atoms with E-state index >= 15 is 0 Å². The van der Waals surface area contributed by atoms with Gasteiger partial charge in [-0.15, -0.1) is 0 Å². The largest absolute Gasteiger partial charge is 0.341 e. The van der Waals surface area contributed by atoms with Crippen molar-refractivity contribution in [3.8, 4) is 0 Å². The molecule has 0 bridgehead atoms. The predicted molar refractivity (Wildman–Crippen MR) is 58.1 cm³/mol. The van der Waals surface area contributed by atoms with Crippen molar-refractivity contribution in [1.82, 2.24) is 10.2 Å². The lowest BCUT2D eigenvalue weighted by Gasteiger charge is -2.33. The molecule has 14 heavy (non-hydrogen) atoms. The Labute approximate surface area is 86.9 Å². The van der Waals surface area contributed by atoms with E-state index in [4.69, 9.17) is 0 Å². The van der Waals surface area contributed by atoms with Crippen LogP contribution in [0, 0.1) is 5.41 Å². The van der Waals surface area contributed by atoms with Gasteiger partial charge >= 0.3 is 0 Å². The van der Waals surface area contributed by atoms with Crippen molar-refractivity contribution in [1.29, 1.82) is 0 Å². The molecule has 82 valence electrons. The minimum atomic E-state index is 0.206. The summed E-state index contributed by atoms with van der Waals surface area (Å²) in [5.41, 5.74) is 0.206. The van der Waals surface area contributed by atoms with Gasteiger partial charge in [0.25, 0.3) is 0 Å². The van der Waals surface area contributed by atoms with Gasteiger partial charge in [-0.3, -0.25) is 4.79 Å². The molecule has 1 N–H and O–H groups in total. The van der Waals surface area contributed by atoms with Crippen LogP contribution in [0.1, 0.15) is 33.6 Å². The number of nitrogens with zero attached hydrogens (tertiary/aromatic N) is 1. The molecule has 0 aromatic carbocycles. The summed E-state index contributed by atoms with van der Waals surface area (Å²) in [5, 5.41) is 3.30. The maximum atomic E-state index is 11.5. The first kappa shape index (κ1) is 11.5. The third-order valence-corrected chi connectivity index (χ3v) is 2.97. The Kier molecular flexibility index (Phi) is 3.53. The first-order valence-corrected chi connectivity index (χ1v) is 5.40. The Bertz CT molecular complexity index is 208. The Morgan fingerprint density at radius 1 is 1.50 bits per heavy atom. The Morgan fingerprint density at radius 2 is 2.14 bits per heavy atom. The van der Waals surface area contributed by atoms with E-state index in [0.29, 0.717) is 11.9 Å². The molecule has 0 aromatic heterocycles. The molecule has 0 radical (unpaired) electrons. The molecule has 1 atom stereocenters. The smallest absolute Gasteiger partial charge is 0.222 e. The number of amides is 1. The number of likely N-dealkylation sites (tertiary alicyclic amines) is 1. The van der Waals surface area contributed by atoms with Gasteiger partial charge in [-0.2, -0.15) is 0 Å². The highest BCUT2D eigenvalue weighted by atomic mass is 16.2. The summed E-state index contributed by atoms with van der Waals surface area (Å²) in [5.74, 6) is 0.314. The van der Waals surface area contributed by atoms with Gasteiger partial charge in [0.15, 0.2) is 0 Å². The number of carbonyl (C=O) groups is 1. The molecule has 0 aliphatic carbocycles. The van der Waals surface area contributed by atoms with Gasteiger partial charge < -0.3 is 10.2 Å². The van der Waals surface area contributed by atoms with Crippen molar-refractivity contribution < 1.29 is 4.79 Å². The average Bonchev–Trinajstić information content (AvgIpc) is 2.45. The fraction of sp³-hybridized carbons (Fsp3) is 0.909. The number of hydrogen-bond donors (Lipinski definition) is 1. The minimum absolute atomic E-state index is 0.206. The maximum absolute atomic E-state index is 11.5. The normalized spacial score (nSPS) is 20.3. The second-order valence-electron chi connectivity index (χ2n) is 5.15. The second-order valence-corrected chi connectivity index (χ2v) is 5.15. The van der Waals surface area contributed by atoms with Crippen LogP contribution in [0.25, 0.3) is 0 Å².